The standard InChI is InChI=1S/C24H28BClN6/c1-17-6-5-11-28-22(17)18-7-3-8-19(25(18)16-27)23-24(26)32-20(29-23)9-4-10-21(32)31-14-12-30(2)13-15-31/h4-6,9-11,18-19H,3,7-8,12-15H2,1-2H3/t18-,19?/m1/s1. The molecule has 0 bridgehead atoms. The first-order valence-electron chi connectivity index (χ1n) is 11.5. The van der Waals surface area contributed by atoms with Crippen LogP contribution in [0.1, 0.15) is 47.8 Å². The maximum absolute atomic E-state index is 10.2. The molecule has 0 aromatic carbocycles. The van der Waals surface area contributed by atoms with Gasteiger partial charge in [0.25, 0.3) is 6.71 Å². The van der Waals surface area contributed by atoms with Crippen LogP contribution in [-0.4, -0.2) is 59.2 Å². The normalized spacial score (nSPS) is 22.3. The van der Waals surface area contributed by atoms with Crippen LogP contribution in [0, 0.1) is 18.2 Å². The maximum Gasteiger partial charge on any atom is 0.286 e. The molecule has 0 amide bonds. The van der Waals surface area contributed by atoms with E-state index < -0.39 is 0 Å². The van der Waals surface area contributed by atoms with Gasteiger partial charge in [0, 0.05) is 44.0 Å². The number of anilines is 1. The SMILES string of the molecule is Cc1cccnc1[C@H]1CCCC(c2nc3cccc(N4CCN(C)CC4)n3c2Cl)B1C#N. The Hall–Kier alpha value is -2.56. The number of pyridine rings is 2. The fourth-order valence-electron chi connectivity index (χ4n) is 5.45. The lowest BCUT2D eigenvalue weighted by atomic mass is 9.30. The Labute approximate surface area is 194 Å². The van der Waals surface area contributed by atoms with Gasteiger partial charge in [0.05, 0.1) is 5.69 Å². The maximum atomic E-state index is 10.2. The quantitative estimate of drug-likeness (QED) is 0.566. The number of imidazole rings is 1. The van der Waals surface area contributed by atoms with Crippen molar-refractivity contribution in [2.75, 3.05) is 38.1 Å². The van der Waals surface area contributed by atoms with Crippen molar-refractivity contribution >= 4 is 29.8 Å². The first-order chi connectivity index (χ1) is 15.6. The fourth-order valence-corrected chi connectivity index (χ4v) is 5.81. The van der Waals surface area contributed by atoms with E-state index in [4.69, 9.17) is 16.6 Å². The predicted molar refractivity (Wildman–Crippen MR) is 130 cm³/mol. The lowest BCUT2D eigenvalue weighted by Crippen LogP contribution is -2.45. The van der Waals surface area contributed by atoms with Crippen molar-refractivity contribution in [3.05, 3.63) is 58.6 Å². The summed E-state index contributed by atoms with van der Waals surface area (Å²) in [5, 5.41) is 10.9. The molecular weight excluding hydrogens is 419 g/mol. The second-order valence-corrected chi connectivity index (χ2v) is 9.52. The highest BCUT2D eigenvalue weighted by Gasteiger charge is 2.42. The number of aromatic nitrogens is 3. The summed E-state index contributed by atoms with van der Waals surface area (Å²) in [6.07, 6.45) is 4.78. The van der Waals surface area contributed by atoms with Gasteiger partial charge in [-0.2, -0.15) is 0 Å². The van der Waals surface area contributed by atoms with Gasteiger partial charge in [0.2, 0.25) is 0 Å². The minimum absolute atomic E-state index is 0.00731. The summed E-state index contributed by atoms with van der Waals surface area (Å²) in [6, 6.07) is 10.2. The molecule has 1 unspecified atom stereocenters. The third kappa shape index (κ3) is 3.66. The molecule has 3 aromatic heterocycles. The zero-order chi connectivity index (χ0) is 22.2. The molecule has 2 atom stereocenters. The summed E-state index contributed by atoms with van der Waals surface area (Å²) in [4.78, 5) is 14.4. The van der Waals surface area contributed by atoms with Crippen molar-refractivity contribution < 1.29 is 0 Å². The van der Waals surface area contributed by atoms with E-state index >= 15 is 0 Å². The summed E-state index contributed by atoms with van der Waals surface area (Å²) in [5.74, 6) is 3.82. The van der Waals surface area contributed by atoms with Crippen LogP contribution in [-0.2, 0) is 0 Å². The Morgan fingerprint density at radius 1 is 1.06 bits per heavy atom. The molecule has 3 aromatic rings. The van der Waals surface area contributed by atoms with Gasteiger partial charge < -0.3 is 9.80 Å². The lowest BCUT2D eigenvalue weighted by molar-refractivity contribution is 0.312. The average Bonchev–Trinajstić information content (AvgIpc) is 3.16. The molecule has 164 valence electrons. The number of fused-ring (bicyclic) bond motifs is 1. The van der Waals surface area contributed by atoms with Gasteiger partial charge in [0.1, 0.15) is 16.6 Å². The fraction of sp³-hybridized carbons (Fsp3) is 0.458. The molecule has 5 rings (SSSR count). The molecule has 2 saturated heterocycles. The van der Waals surface area contributed by atoms with E-state index in [1.54, 1.807) is 0 Å². The molecule has 32 heavy (non-hydrogen) atoms. The molecule has 8 heteroatoms. The van der Waals surface area contributed by atoms with Crippen LogP contribution in [0.4, 0.5) is 5.82 Å². The van der Waals surface area contributed by atoms with Crippen molar-refractivity contribution in [3.8, 4) is 5.97 Å². The largest absolute Gasteiger partial charge is 0.355 e. The predicted octanol–water partition coefficient (Wildman–Crippen LogP) is 4.13. The number of nitriles is 1. The molecule has 5 heterocycles. The third-order valence-corrected chi connectivity index (χ3v) is 7.58. The molecule has 2 aliphatic heterocycles. The molecule has 2 aliphatic rings. The smallest absolute Gasteiger partial charge is 0.286 e. The van der Waals surface area contributed by atoms with Crippen molar-refractivity contribution in [1.82, 2.24) is 19.3 Å². The zero-order valence-electron chi connectivity index (χ0n) is 18.7. The first kappa shape index (κ1) is 21.3. The molecular formula is C24H28BClN6. The minimum Gasteiger partial charge on any atom is -0.355 e. The van der Waals surface area contributed by atoms with Gasteiger partial charge in [-0.3, -0.25) is 9.38 Å². The first-order valence-corrected chi connectivity index (χ1v) is 11.9. The number of hydrogen-bond acceptors (Lipinski definition) is 5. The summed E-state index contributed by atoms with van der Waals surface area (Å²) in [5.41, 5.74) is 3.91. The number of nitrogens with zero attached hydrogens (tertiary/aromatic N) is 6. The van der Waals surface area contributed by atoms with Crippen LogP contribution in [0.2, 0.25) is 5.15 Å². The van der Waals surface area contributed by atoms with Gasteiger partial charge in [-0.1, -0.05) is 43.0 Å². The van der Waals surface area contributed by atoms with Crippen LogP contribution in [0.5, 0.6) is 0 Å². The second-order valence-electron chi connectivity index (χ2n) is 9.16. The number of hydrogen-bond donors (Lipinski definition) is 0. The molecule has 0 saturated carbocycles. The van der Waals surface area contributed by atoms with Gasteiger partial charge in [0.15, 0.2) is 0 Å². The van der Waals surface area contributed by atoms with Gasteiger partial charge in [-0.25, -0.2) is 10.2 Å². The minimum atomic E-state index is -0.188. The number of rotatable bonds is 3. The van der Waals surface area contributed by atoms with E-state index in [2.05, 4.69) is 57.3 Å². The van der Waals surface area contributed by atoms with Crippen LogP contribution in [0.25, 0.3) is 5.65 Å². The molecule has 0 aliphatic carbocycles. The summed E-state index contributed by atoms with van der Waals surface area (Å²) >= 11 is 7.03. The Morgan fingerprint density at radius 2 is 1.81 bits per heavy atom. The highest BCUT2D eigenvalue weighted by molar-refractivity contribution is 6.70. The van der Waals surface area contributed by atoms with Gasteiger partial charge in [-0.15, -0.1) is 0 Å². The van der Waals surface area contributed by atoms with Crippen molar-refractivity contribution in [2.45, 2.75) is 37.8 Å². The van der Waals surface area contributed by atoms with Crippen molar-refractivity contribution in [3.63, 3.8) is 0 Å². The Morgan fingerprint density at radius 3 is 2.53 bits per heavy atom. The van der Waals surface area contributed by atoms with Crippen LogP contribution >= 0.6 is 11.6 Å². The lowest BCUT2D eigenvalue weighted by Gasteiger charge is -2.34. The van der Waals surface area contributed by atoms with E-state index in [0.717, 1.165) is 73.9 Å². The Kier molecular flexibility index (Phi) is 5.83. The van der Waals surface area contributed by atoms with Gasteiger partial charge >= 0.3 is 0 Å². The van der Waals surface area contributed by atoms with E-state index in [9.17, 15) is 5.26 Å². The number of halogens is 1. The number of likely N-dealkylation sites (N-methyl/N-ethyl adjacent to an activating group) is 1. The highest BCUT2D eigenvalue weighted by Crippen LogP contribution is 2.42. The molecule has 0 spiro atoms. The number of aryl methyl sites for hydroxylation is 1. The Balaban J connectivity index is 1.54. The zero-order valence-corrected chi connectivity index (χ0v) is 19.5. The Bertz CT molecular complexity index is 1160. The molecule has 0 radical (unpaired) electrons. The highest BCUT2D eigenvalue weighted by atomic mass is 35.5. The van der Waals surface area contributed by atoms with E-state index in [-0.39, 0.29) is 18.3 Å². The van der Waals surface area contributed by atoms with E-state index in [0.29, 0.717) is 5.15 Å². The second kappa shape index (κ2) is 8.76. The average molecular weight is 447 g/mol. The number of piperazine rings is 1. The topological polar surface area (TPSA) is 60.5 Å². The molecule has 0 N–H and O–H groups in total. The summed E-state index contributed by atoms with van der Waals surface area (Å²) < 4.78 is 2.08. The van der Waals surface area contributed by atoms with E-state index in [1.807, 2.05) is 18.3 Å². The van der Waals surface area contributed by atoms with Crippen LogP contribution in [0.15, 0.2) is 36.5 Å². The van der Waals surface area contributed by atoms with Crippen molar-refractivity contribution in [1.29, 1.82) is 5.26 Å². The molecule has 6 nitrogen and oxygen atoms in total. The van der Waals surface area contributed by atoms with E-state index in [1.165, 1.54) is 0 Å². The monoisotopic (exact) mass is 446 g/mol. The summed E-state index contributed by atoms with van der Waals surface area (Å²) in [6.45, 7) is 5.88. The summed E-state index contributed by atoms with van der Waals surface area (Å²) in [7, 11) is 2.16. The van der Waals surface area contributed by atoms with Crippen molar-refractivity contribution in [2.24, 2.45) is 0 Å². The van der Waals surface area contributed by atoms with Gasteiger partial charge in [-0.05, 0) is 49.4 Å². The van der Waals surface area contributed by atoms with Crippen LogP contribution in [0.3, 0.4) is 0 Å². The molecule has 2 fully saturated rings. The van der Waals surface area contributed by atoms with Crippen LogP contribution < -0.4 is 4.90 Å². The third-order valence-electron chi connectivity index (χ3n) is 7.22.